The number of carbonyl (C=O) groups excluding carboxylic acids is 1. The second-order valence-electron chi connectivity index (χ2n) is 6.74. The van der Waals surface area contributed by atoms with Gasteiger partial charge in [-0.15, -0.1) is 0 Å². The fraction of sp³-hybridized carbons (Fsp3) is 0.737. The number of allylic oxidation sites excluding steroid dienone is 4. The molecule has 0 bridgehead atoms. The van der Waals surface area contributed by atoms with E-state index in [0.29, 0.717) is 0 Å². The van der Waals surface area contributed by atoms with Crippen molar-refractivity contribution in [3.05, 3.63) is 23.3 Å². The van der Waals surface area contributed by atoms with Gasteiger partial charge >= 0.3 is 0 Å². The molecule has 1 unspecified atom stereocenters. The number of carbonyl (C=O) groups is 1. The molecule has 0 aromatic carbocycles. The lowest BCUT2D eigenvalue weighted by Gasteiger charge is -2.12. The Hall–Kier alpha value is -0.850. The van der Waals surface area contributed by atoms with Gasteiger partial charge in [-0.2, -0.15) is 0 Å². The summed E-state index contributed by atoms with van der Waals surface area (Å²) in [6, 6.07) is 0. The van der Waals surface area contributed by atoms with Crippen molar-refractivity contribution in [2.24, 2.45) is 11.8 Å². The normalized spacial score (nSPS) is 14.8. The highest BCUT2D eigenvalue weighted by Crippen LogP contribution is 2.19. The van der Waals surface area contributed by atoms with Gasteiger partial charge in [0.25, 0.3) is 0 Å². The highest BCUT2D eigenvalue weighted by molar-refractivity contribution is 5.92. The molecule has 0 rings (SSSR count). The Kier molecular flexibility index (Phi) is 10.4. The fourth-order valence-corrected chi connectivity index (χ4v) is 2.22. The molecule has 0 saturated carbocycles. The second kappa shape index (κ2) is 10.9. The molecule has 1 heteroatoms. The Morgan fingerprint density at radius 3 is 2.05 bits per heavy atom. The largest absolute Gasteiger partial charge is 0.295 e. The van der Waals surface area contributed by atoms with E-state index in [4.69, 9.17) is 0 Å². The van der Waals surface area contributed by atoms with Crippen LogP contribution in [0.15, 0.2) is 23.3 Å². The summed E-state index contributed by atoms with van der Waals surface area (Å²) in [4.78, 5) is 11.1. The van der Waals surface area contributed by atoms with Gasteiger partial charge in [-0.1, -0.05) is 64.2 Å². The van der Waals surface area contributed by atoms with Gasteiger partial charge in [0.15, 0.2) is 5.78 Å². The van der Waals surface area contributed by atoms with Gasteiger partial charge < -0.3 is 0 Å². The van der Waals surface area contributed by atoms with E-state index in [-0.39, 0.29) is 5.78 Å². The molecule has 20 heavy (non-hydrogen) atoms. The van der Waals surface area contributed by atoms with Gasteiger partial charge in [-0.25, -0.2) is 0 Å². The minimum Gasteiger partial charge on any atom is -0.295 e. The molecule has 0 aliphatic carbocycles. The van der Waals surface area contributed by atoms with E-state index in [1.165, 1.54) is 37.7 Å². The number of ketones is 1. The average Bonchev–Trinajstić information content (AvgIpc) is 2.35. The highest BCUT2D eigenvalue weighted by atomic mass is 16.1. The van der Waals surface area contributed by atoms with E-state index in [2.05, 4.69) is 33.8 Å². The Morgan fingerprint density at radius 2 is 1.50 bits per heavy atom. The third-order valence-corrected chi connectivity index (χ3v) is 3.92. The van der Waals surface area contributed by atoms with Crippen LogP contribution in [0, 0.1) is 11.8 Å². The molecule has 0 radical (unpaired) electrons. The summed E-state index contributed by atoms with van der Waals surface area (Å²) >= 11 is 0. The van der Waals surface area contributed by atoms with Crippen LogP contribution >= 0.6 is 0 Å². The minimum absolute atomic E-state index is 0.160. The summed E-state index contributed by atoms with van der Waals surface area (Å²) in [5, 5.41) is 0. The molecule has 1 nitrogen and oxygen atoms in total. The maximum absolute atomic E-state index is 11.1. The lowest BCUT2D eigenvalue weighted by atomic mass is 9.94. The first-order valence-corrected chi connectivity index (χ1v) is 8.18. The molecule has 0 aliphatic rings. The van der Waals surface area contributed by atoms with Crippen LogP contribution in [0.25, 0.3) is 0 Å². The summed E-state index contributed by atoms with van der Waals surface area (Å²) in [5.41, 5.74) is 2.21. The molecule has 0 aromatic heterocycles. The molecule has 0 aliphatic heterocycles. The molecule has 116 valence electrons. The summed E-state index contributed by atoms with van der Waals surface area (Å²) in [7, 11) is 0. The molecule has 0 amide bonds. The minimum atomic E-state index is 0.160. The van der Waals surface area contributed by atoms with Gasteiger partial charge in [0, 0.05) is 0 Å². The third-order valence-electron chi connectivity index (χ3n) is 3.92. The van der Waals surface area contributed by atoms with Crippen LogP contribution in [0.2, 0.25) is 0 Å². The fourth-order valence-electron chi connectivity index (χ4n) is 2.22. The molecule has 0 heterocycles. The van der Waals surface area contributed by atoms with Crippen LogP contribution in [-0.4, -0.2) is 5.78 Å². The van der Waals surface area contributed by atoms with Crippen molar-refractivity contribution in [2.75, 3.05) is 0 Å². The summed E-state index contributed by atoms with van der Waals surface area (Å²) in [6.45, 7) is 12.6. The van der Waals surface area contributed by atoms with Gasteiger partial charge in [0.05, 0.1) is 0 Å². The van der Waals surface area contributed by atoms with Gasteiger partial charge in [0.2, 0.25) is 0 Å². The third kappa shape index (κ3) is 11.0. The van der Waals surface area contributed by atoms with Gasteiger partial charge in [-0.3, -0.25) is 4.79 Å². The summed E-state index contributed by atoms with van der Waals surface area (Å²) in [6.07, 6.45) is 11.9. The maximum Gasteiger partial charge on any atom is 0.155 e. The molecule has 0 spiro atoms. The zero-order valence-electron chi connectivity index (χ0n) is 14.5. The monoisotopic (exact) mass is 278 g/mol. The molecule has 0 N–H and O–H groups in total. The van der Waals surface area contributed by atoms with E-state index >= 15 is 0 Å². The van der Waals surface area contributed by atoms with Crippen LogP contribution in [-0.2, 0) is 4.79 Å². The van der Waals surface area contributed by atoms with Crippen LogP contribution in [0.5, 0.6) is 0 Å². The Balaban J connectivity index is 3.85. The average molecular weight is 278 g/mol. The molecular formula is C19H34O. The quantitative estimate of drug-likeness (QED) is 0.348. The van der Waals surface area contributed by atoms with E-state index in [1.54, 1.807) is 6.92 Å². The topological polar surface area (TPSA) is 17.1 Å². The van der Waals surface area contributed by atoms with Crippen molar-refractivity contribution in [2.45, 2.75) is 80.1 Å². The van der Waals surface area contributed by atoms with Crippen LogP contribution in [0.4, 0.5) is 0 Å². The molecule has 0 fully saturated rings. The van der Waals surface area contributed by atoms with Crippen molar-refractivity contribution >= 4 is 5.78 Å². The smallest absolute Gasteiger partial charge is 0.155 e. The predicted octanol–water partition coefficient (Wildman–Crippen LogP) is 6.10. The number of hydrogen-bond donors (Lipinski definition) is 0. The molecule has 0 aromatic rings. The highest BCUT2D eigenvalue weighted by Gasteiger charge is 2.03. The zero-order valence-corrected chi connectivity index (χ0v) is 14.5. The van der Waals surface area contributed by atoms with E-state index in [9.17, 15) is 4.79 Å². The number of Topliss-reactive ketones (excluding diaryl/α,β-unsaturated/α-hetero) is 1. The summed E-state index contributed by atoms with van der Waals surface area (Å²) in [5.74, 6) is 1.84. The zero-order chi connectivity index (χ0) is 15.5. The lowest BCUT2D eigenvalue weighted by molar-refractivity contribution is -0.113. The van der Waals surface area contributed by atoms with E-state index in [1.807, 2.05) is 13.0 Å². The SMILES string of the molecule is CC(=O)C(C)=CC=C(C)CCCC(C)CCCC(C)C. The van der Waals surface area contributed by atoms with Crippen LogP contribution in [0.3, 0.4) is 0 Å². The Labute approximate surface area is 126 Å². The molecule has 0 saturated heterocycles. The first kappa shape index (κ1) is 19.1. The van der Waals surface area contributed by atoms with Crippen LogP contribution < -0.4 is 0 Å². The summed E-state index contributed by atoms with van der Waals surface area (Å²) < 4.78 is 0. The van der Waals surface area contributed by atoms with Gasteiger partial charge in [0.1, 0.15) is 0 Å². The van der Waals surface area contributed by atoms with Crippen molar-refractivity contribution < 1.29 is 4.79 Å². The number of hydrogen-bond acceptors (Lipinski definition) is 1. The van der Waals surface area contributed by atoms with Crippen molar-refractivity contribution in [1.82, 2.24) is 0 Å². The van der Waals surface area contributed by atoms with Crippen molar-refractivity contribution in [3.63, 3.8) is 0 Å². The number of rotatable bonds is 10. The van der Waals surface area contributed by atoms with Crippen LogP contribution in [0.1, 0.15) is 80.1 Å². The molecular weight excluding hydrogens is 244 g/mol. The second-order valence-corrected chi connectivity index (χ2v) is 6.74. The predicted molar refractivity (Wildman–Crippen MR) is 89.9 cm³/mol. The van der Waals surface area contributed by atoms with E-state index < -0.39 is 0 Å². The Bertz CT molecular complexity index is 334. The first-order chi connectivity index (χ1) is 9.32. The first-order valence-electron chi connectivity index (χ1n) is 8.18. The standard InChI is InChI=1S/C19H34O/c1-15(2)9-7-10-16(3)11-8-12-17(4)13-14-18(5)19(6)20/h13-16H,7-12H2,1-6H3. The van der Waals surface area contributed by atoms with Gasteiger partial charge in [-0.05, 0) is 51.0 Å². The Morgan fingerprint density at radius 1 is 0.900 bits per heavy atom. The van der Waals surface area contributed by atoms with E-state index in [0.717, 1.165) is 23.8 Å². The van der Waals surface area contributed by atoms with Crippen molar-refractivity contribution in [1.29, 1.82) is 0 Å². The van der Waals surface area contributed by atoms with Crippen molar-refractivity contribution in [3.8, 4) is 0 Å². The molecule has 1 atom stereocenters. The maximum atomic E-state index is 11.1. The lowest BCUT2D eigenvalue weighted by Crippen LogP contribution is -1.97.